The van der Waals surface area contributed by atoms with Crippen LogP contribution in [0.2, 0.25) is 0 Å². The summed E-state index contributed by atoms with van der Waals surface area (Å²) in [5.41, 5.74) is 1.11. The minimum absolute atomic E-state index is 0.189. The zero-order valence-corrected chi connectivity index (χ0v) is 18.3. The molecule has 29 heavy (non-hydrogen) atoms. The Hall–Kier alpha value is -1.87. The first-order valence-electron chi connectivity index (χ1n) is 11.3. The van der Waals surface area contributed by atoms with E-state index in [0.29, 0.717) is 6.61 Å². The van der Waals surface area contributed by atoms with Crippen molar-refractivity contribution in [1.29, 1.82) is 0 Å². The van der Waals surface area contributed by atoms with Crippen LogP contribution in [0.25, 0.3) is 0 Å². The third-order valence-electron chi connectivity index (χ3n) is 5.17. The number of hydrogen-bond acceptors (Lipinski definition) is 3. The van der Waals surface area contributed by atoms with E-state index in [1.54, 1.807) is 6.08 Å². The summed E-state index contributed by atoms with van der Waals surface area (Å²) < 4.78 is 11.6. The monoisotopic (exact) mass is 400 g/mol. The fourth-order valence-corrected chi connectivity index (χ4v) is 3.41. The van der Waals surface area contributed by atoms with Gasteiger partial charge in [-0.2, -0.15) is 0 Å². The average molecular weight is 401 g/mol. The normalized spacial score (nSPS) is 12.9. The fraction of sp³-hybridized carbons (Fsp3) is 0.577. The lowest BCUT2D eigenvalue weighted by atomic mass is 10.0. The van der Waals surface area contributed by atoms with E-state index in [0.717, 1.165) is 18.4 Å². The molecule has 1 rings (SSSR count). The van der Waals surface area contributed by atoms with Crippen LogP contribution in [0.5, 0.6) is 0 Å². The molecule has 0 saturated heterocycles. The smallest absolute Gasteiger partial charge is 0.330 e. The third kappa shape index (κ3) is 12.3. The van der Waals surface area contributed by atoms with Gasteiger partial charge >= 0.3 is 5.97 Å². The molecule has 3 nitrogen and oxygen atoms in total. The van der Waals surface area contributed by atoms with E-state index in [1.807, 2.05) is 30.3 Å². The van der Waals surface area contributed by atoms with E-state index >= 15 is 0 Å². The van der Waals surface area contributed by atoms with E-state index < -0.39 is 12.1 Å². The lowest BCUT2D eigenvalue weighted by molar-refractivity contribution is -0.148. The molecule has 1 aromatic carbocycles. The number of carbonyl (C=O) groups is 1. The minimum atomic E-state index is -0.456. The summed E-state index contributed by atoms with van der Waals surface area (Å²) >= 11 is 0. The summed E-state index contributed by atoms with van der Waals surface area (Å²) in [5, 5.41) is 0. The molecule has 0 N–H and O–H groups in total. The van der Waals surface area contributed by atoms with Gasteiger partial charge in [0.1, 0.15) is 6.10 Å². The first-order valence-corrected chi connectivity index (χ1v) is 11.3. The van der Waals surface area contributed by atoms with Crippen molar-refractivity contribution < 1.29 is 14.3 Å². The molecule has 0 aromatic heterocycles. The van der Waals surface area contributed by atoms with Crippen molar-refractivity contribution in [3.8, 4) is 0 Å². The van der Waals surface area contributed by atoms with Crippen LogP contribution in [0.1, 0.15) is 83.1 Å². The van der Waals surface area contributed by atoms with E-state index in [1.165, 1.54) is 63.9 Å². The van der Waals surface area contributed by atoms with Gasteiger partial charge in [0, 0.05) is 6.08 Å². The van der Waals surface area contributed by atoms with Gasteiger partial charge in [-0.15, -0.1) is 0 Å². The van der Waals surface area contributed by atoms with Gasteiger partial charge in [-0.05, 0) is 18.1 Å². The van der Waals surface area contributed by atoms with Crippen molar-refractivity contribution in [3.63, 3.8) is 0 Å². The van der Waals surface area contributed by atoms with E-state index in [-0.39, 0.29) is 6.10 Å². The molecule has 0 radical (unpaired) electrons. The molecular weight excluding hydrogens is 360 g/mol. The number of carbonyl (C=O) groups excluding carboxylic acids is 1. The Balaban J connectivity index is 2.37. The Bertz CT molecular complexity index is 552. The molecule has 0 saturated carbocycles. The standard InChI is InChI=1S/C26H40O3/c1-4-7-8-9-10-11-12-13-14-18-21-25(24(5-2)29-26(27)6-3)28-22-23-19-16-15-17-20-23/h5-6,15-17,19-20,24-25H,2-4,7-14,18,21-22H2,1H3/t24-,25-/m1/s1. The molecular formula is C26H40O3. The Morgan fingerprint density at radius 1 is 0.931 bits per heavy atom. The van der Waals surface area contributed by atoms with Crippen molar-refractivity contribution >= 4 is 5.97 Å². The van der Waals surface area contributed by atoms with Crippen LogP contribution in [0.15, 0.2) is 55.6 Å². The van der Waals surface area contributed by atoms with Crippen LogP contribution >= 0.6 is 0 Å². The van der Waals surface area contributed by atoms with Crippen molar-refractivity contribution in [2.75, 3.05) is 0 Å². The molecule has 0 spiro atoms. The van der Waals surface area contributed by atoms with Crippen LogP contribution in [0.4, 0.5) is 0 Å². The predicted octanol–water partition coefficient (Wildman–Crippen LogP) is 7.17. The molecule has 0 fully saturated rings. The topological polar surface area (TPSA) is 35.5 Å². The zero-order chi connectivity index (χ0) is 21.2. The van der Waals surface area contributed by atoms with Gasteiger partial charge < -0.3 is 9.47 Å². The molecule has 0 aliphatic heterocycles. The highest BCUT2D eigenvalue weighted by Crippen LogP contribution is 2.18. The van der Waals surface area contributed by atoms with Crippen LogP contribution in [0.3, 0.4) is 0 Å². The number of hydrogen-bond donors (Lipinski definition) is 0. The number of unbranched alkanes of at least 4 members (excludes halogenated alkanes) is 9. The molecule has 2 atom stereocenters. The van der Waals surface area contributed by atoms with Crippen LogP contribution in [-0.4, -0.2) is 18.2 Å². The molecule has 0 unspecified atom stereocenters. The van der Waals surface area contributed by atoms with Crippen molar-refractivity contribution in [1.82, 2.24) is 0 Å². The van der Waals surface area contributed by atoms with Gasteiger partial charge in [0.25, 0.3) is 0 Å². The Labute approximate surface area is 178 Å². The molecule has 3 heteroatoms. The Morgan fingerprint density at radius 2 is 1.52 bits per heavy atom. The highest BCUT2D eigenvalue weighted by atomic mass is 16.6. The summed E-state index contributed by atoms with van der Waals surface area (Å²) in [5.74, 6) is -0.439. The Morgan fingerprint density at radius 3 is 2.07 bits per heavy atom. The molecule has 0 amide bonds. The lowest BCUT2D eigenvalue weighted by Crippen LogP contribution is -2.31. The van der Waals surface area contributed by atoms with Crippen LogP contribution in [-0.2, 0) is 20.9 Å². The van der Waals surface area contributed by atoms with Crippen molar-refractivity contribution in [2.24, 2.45) is 0 Å². The minimum Gasteiger partial charge on any atom is -0.452 e. The van der Waals surface area contributed by atoms with Crippen LogP contribution < -0.4 is 0 Å². The number of rotatable bonds is 18. The number of ether oxygens (including phenoxy) is 2. The Kier molecular flexibility index (Phi) is 14.8. The second-order valence-corrected chi connectivity index (χ2v) is 7.65. The SMILES string of the molecule is C=CC(=O)O[C@H](C=C)[C@@H](CCCCCCCCCCCC)OCc1ccccc1. The average Bonchev–Trinajstić information content (AvgIpc) is 2.76. The lowest BCUT2D eigenvalue weighted by Gasteiger charge is -2.25. The van der Waals surface area contributed by atoms with Gasteiger partial charge in [0.15, 0.2) is 0 Å². The summed E-state index contributed by atoms with van der Waals surface area (Å²) in [6.07, 6.45) is 16.0. The molecule has 0 heterocycles. The van der Waals surface area contributed by atoms with Gasteiger partial charge in [-0.1, -0.05) is 115 Å². The molecule has 0 bridgehead atoms. The highest BCUT2D eigenvalue weighted by molar-refractivity contribution is 5.81. The quantitative estimate of drug-likeness (QED) is 0.113. The van der Waals surface area contributed by atoms with Gasteiger partial charge in [-0.25, -0.2) is 4.79 Å². The maximum absolute atomic E-state index is 11.7. The largest absolute Gasteiger partial charge is 0.452 e. The predicted molar refractivity (Wildman–Crippen MR) is 122 cm³/mol. The van der Waals surface area contributed by atoms with Gasteiger partial charge in [-0.3, -0.25) is 0 Å². The second kappa shape index (κ2) is 17.0. The first kappa shape index (κ1) is 25.2. The first-order chi connectivity index (χ1) is 14.2. The summed E-state index contributed by atoms with van der Waals surface area (Å²) in [6, 6.07) is 10.1. The van der Waals surface area contributed by atoms with E-state index in [2.05, 4.69) is 20.1 Å². The van der Waals surface area contributed by atoms with Gasteiger partial charge in [0.05, 0.1) is 12.7 Å². The van der Waals surface area contributed by atoms with E-state index in [4.69, 9.17) is 9.47 Å². The molecule has 162 valence electrons. The zero-order valence-electron chi connectivity index (χ0n) is 18.3. The summed E-state index contributed by atoms with van der Waals surface area (Å²) in [6.45, 7) is 10.1. The molecule has 0 aliphatic rings. The maximum Gasteiger partial charge on any atom is 0.330 e. The van der Waals surface area contributed by atoms with Crippen LogP contribution in [0, 0.1) is 0 Å². The fourth-order valence-electron chi connectivity index (χ4n) is 3.41. The highest BCUT2D eigenvalue weighted by Gasteiger charge is 2.22. The van der Waals surface area contributed by atoms with E-state index in [9.17, 15) is 4.79 Å². The number of esters is 1. The van der Waals surface area contributed by atoms with Gasteiger partial charge in [0.2, 0.25) is 0 Å². The van der Waals surface area contributed by atoms with Crippen molar-refractivity contribution in [3.05, 3.63) is 61.2 Å². The third-order valence-corrected chi connectivity index (χ3v) is 5.17. The summed E-state index contributed by atoms with van der Waals surface area (Å²) in [4.78, 5) is 11.7. The summed E-state index contributed by atoms with van der Waals surface area (Å²) in [7, 11) is 0. The second-order valence-electron chi connectivity index (χ2n) is 7.65. The molecule has 1 aromatic rings. The maximum atomic E-state index is 11.7. The number of benzene rings is 1. The molecule has 0 aliphatic carbocycles. The van der Waals surface area contributed by atoms with Crippen molar-refractivity contribution in [2.45, 2.75) is 96.4 Å².